The number of aryl methyl sites for hydroxylation is 2. The SMILES string of the molecule is COc1ccc(S(=O)(=O)CN(c2cccnc2)c2c(C)cc(C)cc2C(=O)NO)cc1. The topological polar surface area (TPSA) is 109 Å². The summed E-state index contributed by atoms with van der Waals surface area (Å²) >= 11 is 0. The van der Waals surface area contributed by atoms with Crippen LogP contribution in [-0.2, 0) is 9.84 Å². The molecule has 0 saturated heterocycles. The number of anilines is 2. The van der Waals surface area contributed by atoms with Crippen molar-refractivity contribution in [3.63, 3.8) is 0 Å². The van der Waals surface area contributed by atoms with Crippen LogP contribution in [0.15, 0.2) is 65.8 Å². The predicted octanol–water partition coefficient (Wildman–Crippen LogP) is 3.40. The lowest BCUT2D eigenvalue weighted by molar-refractivity contribution is 0.0707. The summed E-state index contributed by atoms with van der Waals surface area (Å²) in [5.41, 5.74) is 4.11. The van der Waals surface area contributed by atoms with Crippen LogP contribution in [0.25, 0.3) is 0 Å². The van der Waals surface area contributed by atoms with Crippen molar-refractivity contribution in [2.45, 2.75) is 18.7 Å². The monoisotopic (exact) mass is 441 g/mol. The Bertz CT molecular complexity index is 1180. The molecule has 0 aliphatic heterocycles. The summed E-state index contributed by atoms with van der Waals surface area (Å²) in [4.78, 5) is 18.1. The Morgan fingerprint density at radius 3 is 2.45 bits per heavy atom. The number of ether oxygens (including phenoxy) is 1. The zero-order valence-corrected chi connectivity index (χ0v) is 18.2. The van der Waals surface area contributed by atoms with Gasteiger partial charge in [-0.25, -0.2) is 13.9 Å². The molecule has 0 radical (unpaired) electrons. The van der Waals surface area contributed by atoms with Crippen molar-refractivity contribution < 1.29 is 23.2 Å². The summed E-state index contributed by atoms with van der Waals surface area (Å²) in [6.45, 7) is 3.59. The molecule has 0 spiro atoms. The van der Waals surface area contributed by atoms with Crippen LogP contribution in [0.1, 0.15) is 21.5 Å². The molecule has 1 heterocycles. The summed E-state index contributed by atoms with van der Waals surface area (Å²) in [6.07, 6.45) is 3.09. The lowest BCUT2D eigenvalue weighted by Gasteiger charge is -2.28. The number of nitrogens with one attached hydrogen (secondary N) is 1. The summed E-state index contributed by atoms with van der Waals surface area (Å²) in [7, 11) is -2.31. The van der Waals surface area contributed by atoms with Crippen molar-refractivity contribution in [1.82, 2.24) is 10.5 Å². The maximum Gasteiger partial charge on any atom is 0.276 e. The number of hydrogen-bond acceptors (Lipinski definition) is 7. The highest BCUT2D eigenvalue weighted by Gasteiger charge is 2.26. The van der Waals surface area contributed by atoms with Gasteiger partial charge in [0.1, 0.15) is 11.6 Å². The number of aromatic nitrogens is 1. The van der Waals surface area contributed by atoms with Crippen molar-refractivity contribution in [1.29, 1.82) is 0 Å². The van der Waals surface area contributed by atoms with Crippen LogP contribution >= 0.6 is 0 Å². The number of nitrogens with zero attached hydrogens (tertiary/aromatic N) is 2. The van der Waals surface area contributed by atoms with Crippen molar-refractivity contribution >= 4 is 27.1 Å². The first kappa shape index (κ1) is 22.3. The van der Waals surface area contributed by atoms with Crippen molar-refractivity contribution in [2.24, 2.45) is 0 Å². The third kappa shape index (κ3) is 4.84. The van der Waals surface area contributed by atoms with Crippen LogP contribution in [0.4, 0.5) is 11.4 Å². The molecule has 162 valence electrons. The zero-order chi connectivity index (χ0) is 22.6. The van der Waals surface area contributed by atoms with Gasteiger partial charge in [0.25, 0.3) is 5.91 Å². The fourth-order valence-electron chi connectivity index (χ4n) is 3.36. The molecule has 9 heteroatoms. The Morgan fingerprint density at radius 1 is 1.16 bits per heavy atom. The van der Waals surface area contributed by atoms with E-state index in [2.05, 4.69) is 4.98 Å². The van der Waals surface area contributed by atoms with Gasteiger partial charge in [-0.3, -0.25) is 15.0 Å². The van der Waals surface area contributed by atoms with Gasteiger partial charge in [-0.1, -0.05) is 6.07 Å². The smallest absolute Gasteiger partial charge is 0.276 e. The molecule has 0 unspecified atom stereocenters. The number of carbonyl (C=O) groups excluding carboxylic acids is 1. The van der Waals surface area contributed by atoms with Crippen molar-refractivity contribution in [3.8, 4) is 5.75 Å². The first-order valence-electron chi connectivity index (χ1n) is 9.37. The first-order chi connectivity index (χ1) is 14.8. The highest BCUT2D eigenvalue weighted by atomic mass is 32.2. The molecule has 3 rings (SSSR count). The van der Waals surface area contributed by atoms with E-state index in [1.165, 1.54) is 30.3 Å². The molecule has 3 aromatic rings. The average Bonchev–Trinajstić information content (AvgIpc) is 2.77. The standard InChI is InChI=1S/C22H23N3O5S/c1-15-11-16(2)21(20(12-15)22(26)24-27)25(17-5-4-10-23-13-17)14-31(28,29)19-8-6-18(30-3)7-9-19/h4-13,27H,14H2,1-3H3,(H,24,26). The van der Waals surface area contributed by atoms with E-state index in [-0.39, 0.29) is 10.5 Å². The predicted molar refractivity (Wildman–Crippen MR) is 117 cm³/mol. The molecule has 0 atom stereocenters. The Morgan fingerprint density at radius 2 is 1.87 bits per heavy atom. The van der Waals surface area contributed by atoms with E-state index < -0.39 is 21.6 Å². The molecule has 2 N–H and O–H groups in total. The van der Waals surface area contributed by atoms with Crippen molar-refractivity contribution in [2.75, 3.05) is 17.9 Å². The second-order valence-corrected chi connectivity index (χ2v) is 8.94. The van der Waals surface area contributed by atoms with Crippen LogP contribution in [0, 0.1) is 13.8 Å². The largest absolute Gasteiger partial charge is 0.497 e. The molecule has 2 aromatic carbocycles. The zero-order valence-electron chi connectivity index (χ0n) is 17.4. The van der Waals surface area contributed by atoms with E-state index in [0.717, 1.165) is 5.56 Å². The molecule has 1 amide bonds. The van der Waals surface area contributed by atoms with E-state index in [1.807, 2.05) is 13.0 Å². The van der Waals surface area contributed by atoms with Crippen LogP contribution < -0.4 is 15.1 Å². The molecular formula is C22H23N3O5S. The molecule has 0 aliphatic carbocycles. The summed E-state index contributed by atoms with van der Waals surface area (Å²) < 4.78 is 31.6. The molecule has 0 saturated carbocycles. The number of pyridine rings is 1. The normalized spacial score (nSPS) is 11.1. The second kappa shape index (κ2) is 9.15. The van der Waals surface area contributed by atoms with Gasteiger partial charge < -0.3 is 9.64 Å². The van der Waals surface area contributed by atoms with Crippen LogP contribution in [-0.4, -0.2) is 37.5 Å². The summed E-state index contributed by atoms with van der Waals surface area (Å²) in [5, 5.41) is 9.25. The summed E-state index contributed by atoms with van der Waals surface area (Å²) in [5.74, 6) is -0.641. The number of carbonyl (C=O) groups is 1. The van der Waals surface area contributed by atoms with E-state index in [1.54, 1.807) is 48.9 Å². The average molecular weight is 442 g/mol. The molecule has 31 heavy (non-hydrogen) atoms. The van der Waals surface area contributed by atoms with E-state index >= 15 is 0 Å². The van der Waals surface area contributed by atoms with Gasteiger partial charge in [0.05, 0.1) is 35.1 Å². The number of rotatable bonds is 7. The quantitative estimate of drug-likeness (QED) is 0.427. The highest BCUT2D eigenvalue weighted by Crippen LogP contribution is 2.34. The summed E-state index contributed by atoms with van der Waals surface area (Å²) in [6, 6.07) is 12.9. The number of amides is 1. The minimum atomic E-state index is -3.81. The van der Waals surface area contributed by atoms with Gasteiger partial charge >= 0.3 is 0 Å². The fourth-order valence-corrected chi connectivity index (χ4v) is 4.68. The number of hydroxylamine groups is 1. The fraction of sp³-hybridized carbons (Fsp3) is 0.182. The molecule has 8 nitrogen and oxygen atoms in total. The van der Waals surface area contributed by atoms with Crippen LogP contribution in [0.2, 0.25) is 0 Å². The minimum Gasteiger partial charge on any atom is -0.497 e. The Hall–Kier alpha value is -3.43. The maximum absolute atomic E-state index is 13.3. The molecular weight excluding hydrogens is 418 g/mol. The van der Waals surface area contributed by atoms with Crippen molar-refractivity contribution in [3.05, 3.63) is 77.6 Å². The van der Waals surface area contributed by atoms with E-state index in [4.69, 9.17) is 4.74 Å². The molecule has 0 fully saturated rings. The van der Waals surface area contributed by atoms with Gasteiger partial charge in [0.15, 0.2) is 9.84 Å². The van der Waals surface area contributed by atoms with E-state index in [9.17, 15) is 18.4 Å². The van der Waals surface area contributed by atoms with Gasteiger partial charge in [0.2, 0.25) is 0 Å². The molecule has 0 bridgehead atoms. The van der Waals surface area contributed by atoms with Crippen LogP contribution in [0.3, 0.4) is 0 Å². The van der Waals surface area contributed by atoms with Gasteiger partial charge in [-0.2, -0.15) is 0 Å². The lowest BCUT2D eigenvalue weighted by atomic mass is 10.0. The lowest BCUT2D eigenvalue weighted by Crippen LogP contribution is -2.30. The van der Waals surface area contributed by atoms with Crippen LogP contribution in [0.5, 0.6) is 5.75 Å². The number of hydrogen-bond donors (Lipinski definition) is 2. The third-order valence-corrected chi connectivity index (χ3v) is 6.32. The third-order valence-electron chi connectivity index (χ3n) is 4.74. The second-order valence-electron chi connectivity index (χ2n) is 6.98. The molecule has 0 aliphatic rings. The Balaban J connectivity index is 2.16. The minimum absolute atomic E-state index is 0.111. The van der Waals surface area contributed by atoms with Gasteiger partial charge in [-0.15, -0.1) is 0 Å². The molecule has 1 aromatic heterocycles. The maximum atomic E-state index is 13.3. The number of sulfone groups is 1. The number of methoxy groups -OCH3 is 1. The van der Waals surface area contributed by atoms with E-state index in [0.29, 0.717) is 22.7 Å². The Kier molecular flexibility index (Phi) is 6.57. The first-order valence-corrected chi connectivity index (χ1v) is 11.0. The number of benzene rings is 2. The van der Waals surface area contributed by atoms with Gasteiger partial charge in [0, 0.05) is 6.20 Å². The Labute approximate surface area is 181 Å². The van der Waals surface area contributed by atoms with Gasteiger partial charge in [-0.05, 0) is 67.4 Å². The highest BCUT2D eigenvalue weighted by molar-refractivity contribution is 7.91.